The zero-order chi connectivity index (χ0) is 74.6. The van der Waals surface area contributed by atoms with Crippen LogP contribution in [0.4, 0.5) is 0 Å². The molecule has 3 N–H and O–H groups in total. The van der Waals surface area contributed by atoms with Crippen molar-refractivity contribution >= 4 is 39.5 Å². The molecule has 0 aliphatic heterocycles. The predicted octanol–water partition coefficient (Wildman–Crippen LogP) is 24.9. The van der Waals surface area contributed by atoms with Gasteiger partial charge < -0.3 is 33.8 Å². The lowest BCUT2D eigenvalue weighted by molar-refractivity contribution is -0.161. The topological polar surface area (TPSA) is 237 Å². The minimum Gasteiger partial charge on any atom is -0.462 e. The summed E-state index contributed by atoms with van der Waals surface area (Å²) in [5, 5.41) is 10.7. The van der Waals surface area contributed by atoms with Gasteiger partial charge in [0.15, 0.2) is 12.2 Å². The van der Waals surface area contributed by atoms with E-state index in [1.807, 2.05) is 0 Å². The molecule has 0 bridgehead atoms. The third kappa shape index (κ3) is 75.8. The van der Waals surface area contributed by atoms with Gasteiger partial charge >= 0.3 is 39.5 Å². The highest BCUT2D eigenvalue weighted by atomic mass is 31.2. The summed E-state index contributed by atoms with van der Waals surface area (Å²) in [6, 6.07) is 0. The van der Waals surface area contributed by atoms with Gasteiger partial charge in [-0.25, -0.2) is 9.13 Å². The van der Waals surface area contributed by atoms with Crippen molar-refractivity contribution < 1.29 is 80.2 Å². The van der Waals surface area contributed by atoms with Crippen molar-refractivity contribution in [3.05, 3.63) is 24.3 Å². The van der Waals surface area contributed by atoms with Gasteiger partial charge in [-0.1, -0.05) is 373 Å². The number of carbonyl (C=O) groups excluding carboxylic acids is 4. The molecule has 0 heterocycles. The molecule has 102 heavy (non-hydrogen) atoms. The Morgan fingerprint density at radius 3 is 0.716 bits per heavy atom. The van der Waals surface area contributed by atoms with Crippen LogP contribution in [-0.2, 0) is 65.4 Å². The lowest BCUT2D eigenvalue weighted by Crippen LogP contribution is -2.30. The van der Waals surface area contributed by atoms with Crippen LogP contribution >= 0.6 is 15.6 Å². The van der Waals surface area contributed by atoms with Gasteiger partial charge in [-0.05, 0) is 51.4 Å². The molecule has 0 radical (unpaired) electrons. The van der Waals surface area contributed by atoms with Crippen molar-refractivity contribution in [1.29, 1.82) is 0 Å². The number of ether oxygens (including phenoxy) is 4. The quantitative estimate of drug-likeness (QED) is 0.0169. The van der Waals surface area contributed by atoms with E-state index < -0.39 is 97.5 Å². The Morgan fingerprint density at radius 1 is 0.275 bits per heavy atom. The Kier molecular flexibility index (Phi) is 74.9. The molecule has 5 atom stereocenters. The van der Waals surface area contributed by atoms with Crippen molar-refractivity contribution in [3.8, 4) is 0 Å². The molecule has 0 aromatic heterocycles. The van der Waals surface area contributed by atoms with E-state index in [2.05, 4.69) is 52.0 Å². The van der Waals surface area contributed by atoms with Gasteiger partial charge in [0.05, 0.1) is 26.4 Å². The fourth-order valence-electron chi connectivity index (χ4n) is 12.5. The van der Waals surface area contributed by atoms with Crippen LogP contribution in [0.1, 0.15) is 426 Å². The van der Waals surface area contributed by atoms with E-state index in [0.29, 0.717) is 25.7 Å². The molecule has 0 saturated heterocycles. The van der Waals surface area contributed by atoms with Gasteiger partial charge in [-0.3, -0.25) is 37.3 Å². The molecule has 0 aromatic carbocycles. The molecule has 0 saturated carbocycles. The number of esters is 4. The maximum Gasteiger partial charge on any atom is 0.472 e. The first kappa shape index (κ1) is 99.5. The zero-order valence-electron chi connectivity index (χ0n) is 66.1. The maximum absolute atomic E-state index is 13.1. The van der Waals surface area contributed by atoms with Gasteiger partial charge in [0, 0.05) is 25.7 Å². The highest BCUT2D eigenvalue weighted by Crippen LogP contribution is 2.45. The SMILES string of the molecule is CCCCCC/C=C\C=C/CCCCCCCC(=O)O[C@H](COC(=O)CCCCCCCCCCCCCC)COP(=O)(O)OC[C@H](O)COP(=O)(O)OC[C@@H](COC(=O)CCCCCCCCCCCCCCCCCCC)OC(=O)CCCCCCCCCCCCCCCCCCCC. The second-order valence-corrected chi connectivity index (χ2v) is 32.1. The van der Waals surface area contributed by atoms with E-state index in [1.165, 1.54) is 244 Å². The molecular weight excluding hydrogens is 1330 g/mol. The molecule has 602 valence electrons. The van der Waals surface area contributed by atoms with E-state index in [-0.39, 0.29) is 25.7 Å². The summed E-state index contributed by atoms with van der Waals surface area (Å²) in [6.45, 7) is 4.98. The van der Waals surface area contributed by atoms with Crippen LogP contribution in [0.5, 0.6) is 0 Å². The molecule has 2 unspecified atom stereocenters. The van der Waals surface area contributed by atoms with Crippen LogP contribution < -0.4 is 0 Å². The number of phosphoric acid groups is 2. The normalized spacial score (nSPS) is 13.9. The summed E-state index contributed by atoms with van der Waals surface area (Å²) < 4.78 is 68.8. The molecule has 0 aliphatic carbocycles. The third-order valence-electron chi connectivity index (χ3n) is 19.0. The van der Waals surface area contributed by atoms with Crippen molar-refractivity contribution in [3.63, 3.8) is 0 Å². The van der Waals surface area contributed by atoms with Crippen LogP contribution in [0, 0.1) is 0 Å². The van der Waals surface area contributed by atoms with E-state index >= 15 is 0 Å². The molecular formula is C83H158O17P2. The van der Waals surface area contributed by atoms with Gasteiger partial charge in [-0.15, -0.1) is 0 Å². The molecule has 0 amide bonds. The average molecular weight is 1490 g/mol. The molecule has 0 fully saturated rings. The average Bonchev–Trinajstić information content (AvgIpc) is 0.974. The largest absolute Gasteiger partial charge is 0.472 e. The number of phosphoric ester groups is 2. The van der Waals surface area contributed by atoms with Gasteiger partial charge in [0.2, 0.25) is 0 Å². The summed E-state index contributed by atoms with van der Waals surface area (Å²) in [6.07, 6.45) is 72.8. The first-order chi connectivity index (χ1) is 49.7. The number of hydrogen-bond acceptors (Lipinski definition) is 15. The van der Waals surface area contributed by atoms with Crippen molar-refractivity contribution in [2.24, 2.45) is 0 Å². The third-order valence-corrected chi connectivity index (χ3v) is 20.9. The van der Waals surface area contributed by atoms with Crippen molar-refractivity contribution in [2.45, 2.75) is 444 Å². The minimum absolute atomic E-state index is 0.0860. The number of aliphatic hydroxyl groups excluding tert-OH is 1. The lowest BCUT2D eigenvalue weighted by Gasteiger charge is -2.21. The predicted molar refractivity (Wildman–Crippen MR) is 418 cm³/mol. The Balaban J connectivity index is 5.29. The Labute approximate surface area is 624 Å². The molecule has 0 spiro atoms. The van der Waals surface area contributed by atoms with Crippen molar-refractivity contribution in [1.82, 2.24) is 0 Å². The number of aliphatic hydroxyl groups is 1. The van der Waals surface area contributed by atoms with E-state index in [4.69, 9.17) is 37.0 Å². The molecule has 0 rings (SSSR count). The summed E-state index contributed by atoms with van der Waals surface area (Å²) in [5.74, 6) is -2.13. The molecule has 19 heteroatoms. The number of hydrogen-bond donors (Lipinski definition) is 3. The highest BCUT2D eigenvalue weighted by Gasteiger charge is 2.30. The van der Waals surface area contributed by atoms with Crippen LogP contribution in [0.2, 0.25) is 0 Å². The number of carbonyl (C=O) groups is 4. The van der Waals surface area contributed by atoms with Crippen molar-refractivity contribution in [2.75, 3.05) is 39.6 Å². The minimum atomic E-state index is -4.97. The van der Waals surface area contributed by atoms with Crippen LogP contribution in [-0.4, -0.2) is 96.7 Å². The van der Waals surface area contributed by atoms with Crippen LogP contribution in [0.25, 0.3) is 0 Å². The Bertz CT molecular complexity index is 2020. The van der Waals surface area contributed by atoms with Gasteiger partial charge in [0.25, 0.3) is 0 Å². The number of allylic oxidation sites excluding steroid dienone is 4. The Hall–Kier alpha value is -2.46. The second-order valence-electron chi connectivity index (χ2n) is 29.2. The highest BCUT2D eigenvalue weighted by molar-refractivity contribution is 7.47. The van der Waals surface area contributed by atoms with Crippen LogP contribution in [0.3, 0.4) is 0 Å². The summed E-state index contributed by atoms with van der Waals surface area (Å²) in [7, 11) is -9.93. The molecule has 0 aromatic rings. The summed E-state index contributed by atoms with van der Waals surface area (Å²) in [5.41, 5.74) is 0. The summed E-state index contributed by atoms with van der Waals surface area (Å²) >= 11 is 0. The zero-order valence-corrected chi connectivity index (χ0v) is 67.9. The summed E-state index contributed by atoms with van der Waals surface area (Å²) in [4.78, 5) is 73.1. The monoisotopic (exact) mass is 1490 g/mol. The molecule has 17 nitrogen and oxygen atoms in total. The maximum atomic E-state index is 13.1. The van der Waals surface area contributed by atoms with Gasteiger partial charge in [0.1, 0.15) is 19.3 Å². The van der Waals surface area contributed by atoms with E-state index in [0.717, 1.165) is 103 Å². The Morgan fingerprint density at radius 2 is 0.471 bits per heavy atom. The second kappa shape index (κ2) is 76.7. The molecule has 0 aliphatic rings. The lowest BCUT2D eigenvalue weighted by atomic mass is 10.0. The van der Waals surface area contributed by atoms with E-state index in [9.17, 15) is 43.2 Å². The first-order valence-electron chi connectivity index (χ1n) is 42.6. The first-order valence-corrected chi connectivity index (χ1v) is 45.6. The van der Waals surface area contributed by atoms with Crippen LogP contribution in [0.15, 0.2) is 24.3 Å². The smallest absolute Gasteiger partial charge is 0.462 e. The fourth-order valence-corrected chi connectivity index (χ4v) is 14.0. The fraction of sp³-hybridized carbons (Fsp3) is 0.904. The number of unbranched alkanes of at least 4 members (excludes halogenated alkanes) is 53. The van der Waals surface area contributed by atoms with Gasteiger partial charge in [-0.2, -0.15) is 0 Å². The van der Waals surface area contributed by atoms with E-state index in [1.54, 1.807) is 0 Å². The number of rotatable bonds is 82. The standard InChI is InChI=1S/C83H158O17P2/c1-5-9-13-17-21-25-29-33-36-38-40-43-46-50-54-58-62-66-70-83(88)100-79(74-94-81(86)68-64-60-56-52-48-44-42-39-37-34-30-26-22-18-14-10-6-2)76-98-102(91,92)96-72-77(84)71-95-101(89,90)97-75-78(73-93-80(85)67-63-59-55-51-47-32-28-24-20-16-12-8-4)99-82(87)69-65-61-57-53-49-45-41-35-31-27-23-19-15-11-7-3/h27,31,35,41,77-79,84H,5-26,28-30,32-34,36-40,42-76H2,1-4H3,(H,89,90)(H,91,92)/b31-27-,41-35-/t77-,78+,79+/m0/s1.